The summed E-state index contributed by atoms with van der Waals surface area (Å²) in [6.07, 6.45) is 1.42. The minimum absolute atomic E-state index is 0.167. The normalized spacial score (nSPS) is 12.6. The number of benzene rings is 1. The van der Waals surface area contributed by atoms with E-state index in [4.69, 9.17) is 5.73 Å². The van der Waals surface area contributed by atoms with Crippen LogP contribution in [0.3, 0.4) is 0 Å². The molecule has 0 aliphatic heterocycles. The average molecular weight is 236 g/mol. The third-order valence-electron chi connectivity index (χ3n) is 2.46. The highest BCUT2D eigenvalue weighted by Gasteiger charge is 2.15. The number of hydrogen-bond donors (Lipinski definition) is 3. The molecule has 4 N–H and O–H groups in total. The van der Waals surface area contributed by atoms with Crippen LogP contribution in [0, 0.1) is 5.82 Å². The summed E-state index contributed by atoms with van der Waals surface area (Å²) in [5, 5.41) is 2.67. The van der Waals surface area contributed by atoms with E-state index < -0.39 is 5.82 Å². The molecule has 0 radical (unpaired) electrons. The molecule has 1 atom stereocenters. The maximum Gasteiger partial charge on any atom is 0.253 e. The van der Waals surface area contributed by atoms with Gasteiger partial charge in [0.1, 0.15) is 11.3 Å². The molecule has 17 heavy (non-hydrogen) atoms. The Bertz CT molecular complexity index is 551. The Morgan fingerprint density at radius 2 is 2.41 bits per heavy atom. The Balaban J connectivity index is 2.40. The van der Waals surface area contributed by atoms with E-state index in [-0.39, 0.29) is 17.5 Å². The first-order valence-corrected chi connectivity index (χ1v) is 5.25. The summed E-state index contributed by atoms with van der Waals surface area (Å²) in [7, 11) is 0. The fourth-order valence-corrected chi connectivity index (χ4v) is 1.55. The van der Waals surface area contributed by atoms with Gasteiger partial charge in [-0.2, -0.15) is 0 Å². The predicted molar refractivity (Wildman–Crippen MR) is 62.0 cm³/mol. The number of aromatic nitrogens is 2. The third-order valence-corrected chi connectivity index (χ3v) is 2.46. The molecular formula is C11H13FN4O. The van der Waals surface area contributed by atoms with Crippen molar-refractivity contribution in [3.8, 4) is 0 Å². The summed E-state index contributed by atoms with van der Waals surface area (Å²) in [4.78, 5) is 18.7. The fraction of sp³-hybridized carbons (Fsp3) is 0.273. The summed E-state index contributed by atoms with van der Waals surface area (Å²) < 4.78 is 13.3. The largest absolute Gasteiger partial charge is 0.348 e. The summed E-state index contributed by atoms with van der Waals surface area (Å²) >= 11 is 0. The number of rotatable bonds is 3. The van der Waals surface area contributed by atoms with Crippen LogP contribution in [-0.2, 0) is 0 Å². The monoisotopic (exact) mass is 236 g/mol. The number of carbonyl (C=O) groups excluding carboxylic acids is 1. The van der Waals surface area contributed by atoms with Crippen molar-refractivity contribution >= 4 is 16.9 Å². The zero-order chi connectivity index (χ0) is 12.4. The van der Waals surface area contributed by atoms with Crippen molar-refractivity contribution in [3.05, 3.63) is 29.8 Å². The topological polar surface area (TPSA) is 83.8 Å². The van der Waals surface area contributed by atoms with Gasteiger partial charge in [-0.05, 0) is 19.1 Å². The van der Waals surface area contributed by atoms with Crippen LogP contribution in [0.5, 0.6) is 0 Å². The SMILES string of the molecule is C[C@@H](CN)NC(=O)c1cc(F)cc2[nH]cnc12. The lowest BCUT2D eigenvalue weighted by Gasteiger charge is -2.11. The average Bonchev–Trinajstić information content (AvgIpc) is 2.75. The lowest BCUT2D eigenvalue weighted by Crippen LogP contribution is -2.37. The molecular weight excluding hydrogens is 223 g/mol. The Labute approximate surface area is 97.2 Å². The van der Waals surface area contributed by atoms with Crippen LogP contribution >= 0.6 is 0 Å². The van der Waals surface area contributed by atoms with Crippen LogP contribution in [0.2, 0.25) is 0 Å². The molecule has 2 aromatic rings. The Morgan fingerprint density at radius 1 is 1.65 bits per heavy atom. The van der Waals surface area contributed by atoms with Crippen molar-refractivity contribution in [1.29, 1.82) is 0 Å². The molecule has 2 rings (SSSR count). The molecule has 0 unspecified atom stereocenters. The number of imidazole rings is 1. The first-order valence-electron chi connectivity index (χ1n) is 5.25. The van der Waals surface area contributed by atoms with Crippen LogP contribution < -0.4 is 11.1 Å². The van der Waals surface area contributed by atoms with Gasteiger partial charge >= 0.3 is 0 Å². The van der Waals surface area contributed by atoms with E-state index >= 15 is 0 Å². The zero-order valence-electron chi connectivity index (χ0n) is 9.33. The van der Waals surface area contributed by atoms with Crippen LogP contribution in [0.25, 0.3) is 11.0 Å². The summed E-state index contributed by atoms with van der Waals surface area (Å²) in [6, 6.07) is 2.30. The molecule has 6 heteroatoms. The molecule has 90 valence electrons. The van der Waals surface area contributed by atoms with Gasteiger partial charge in [0.2, 0.25) is 0 Å². The molecule has 1 aromatic heterocycles. The minimum atomic E-state index is -0.479. The highest BCUT2D eigenvalue weighted by atomic mass is 19.1. The van der Waals surface area contributed by atoms with Crippen molar-refractivity contribution in [3.63, 3.8) is 0 Å². The molecule has 0 aliphatic rings. The van der Waals surface area contributed by atoms with Gasteiger partial charge in [0.25, 0.3) is 5.91 Å². The van der Waals surface area contributed by atoms with Gasteiger partial charge in [-0.3, -0.25) is 4.79 Å². The van der Waals surface area contributed by atoms with E-state index in [1.165, 1.54) is 18.5 Å². The summed E-state index contributed by atoms with van der Waals surface area (Å²) in [5.41, 5.74) is 6.57. The molecule has 0 saturated carbocycles. The number of nitrogens with two attached hydrogens (primary N) is 1. The van der Waals surface area contributed by atoms with Gasteiger partial charge in [0.05, 0.1) is 17.4 Å². The van der Waals surface area contributed by atoms with Crippen LogP contribution in [0.1, 0.15) is 17.3 Å². The molecule has 5 nitrogen and oxygen atoms in total. The lowest BCUT2D eigenvalue weighted by atomic mass is 10.1. The minimum Gasteiger partial charge on any atom is -0.348 e. The van der Waals surface area contributed by atoms with Crippen molar-refractivity contribution < 1.29 is 9.18 Å². The van der Waals surface area contributed by atoms with Gasteiger partial charge < -0.3 is 16.0 Å². The van der Waals surface area contributed by atoms with Gasteiger partial charge in [0, 0.05) is 12.6 Å². The number of carbonyl (C=O) groups is 1. The van der Waals surface area contributed by atoms with Gasteiger partial charge in [-0.15, -0.1) is 0 Å². The number of nitrogens with zero attached hydrogens (tertiary/aromatic N) is 1. The Hall–Kier alpha value is -1.95. The second-order valence-corrected chi connectivity index (χ2v) is 3.86. The summed E-state index contributed by atoms with van der Waals surface area (Å²) in [6.45, 7) is 2.10. The number of nitrogens with one attached hydrogen (secondary N) is 2. The molecule has 1 aromatic carbocycles. The quantitative estimate of drug-likeness (QED) is 0.736. The first-order chi connectivity index (χ1) is 8.11. The van der Waals surface area contributed by atoms with Gasteiger partial charge in [-0.25, -0.2) is 9.37 Å². The fourth-order valence-electron chi connectivity index (χ4n) is 1.55. The highest BCUT2D eigenvalue weighted by Crippen LogP contribution is 2.17. The van der Waals surface area contributed by atoms with Crippen LogP contribution in [-0.4, -0.2) is 28.5 Å². The van der Waals surface area contributed by atoms with Gasteiger partial charge in [0.15, 0.2) is 0 Å². The van der Waals surface area contributed by atoms with Crippen molar-refractivity contribution in [1.82, 2.24) is 15.3 Å². The highest BCUT2D eigenvalue weighted by molar-refractivity contribution is 6.04. The maximum absolute atomic E-state index is 13.3. The molecule has 0 aliphatic carbocycles. The number of fused-ring (bicyclic) bond motifs is 1. The standard InChI is InChI=1S/C11H13FN4O/c1-6(4-13)16-11(17)8-2-7(12)3-9-10(8)15-5-14-9/h2-3,5-6H,4,13H2,1H3,(H,14,15)(H,16,17)/t6-/m0/s1. The van der Waals surface area contributed by atoms with Crippen LogP contribution in [0.4, 0.5) is 4.39 Å². The number of hydrogen-bond acceptors (Lipinski definition) is 3. The molecule has 1 heterocycles. The Kier molecular flexibility index (Phi) is 3.06. The Morgan fingerprint density at radius 3 is 3.12 bits per heavy atom. The van der Waals surface area contributed by atoms with Gasteiger partial charge in [-0.1, -0.05) is 0 Å². The second-order valence-electron chi connectivity index (χ2n) is 3.86. The molecule has 0 spiro atoms. The van der Waals surface area contributed by atoms with E-state index in [2.05, 4.69) is 15.3 Å². The third kappa shape index (κ3) is 2.26. The lowest BCUT2D eigenvalue weighted by molar-refractivity contribution is 0.0942. The molecule has 0 bridgehead atoms. The van der Waals surface area contributed by atoms with E-state index in [9.17, 15) is 9.18 Å². The van der Waals surface area contributed by atoms with E-state index in [0.717, 1.165) is 0 Å². The number of aromatic amines is 1. The molecule has 0 saturated heterocycles. The molecule has 0 fully saturated rings. The van der Waals surface area contributed by atoms with Crippen molar-refractivity contribution in [2.45, 2.75) is 13.0 Å². The summed E-state index contributed by atoms with van der Waals surface area (Å²) in [5.74, 6) is -0.855. The number of H-pyrrole nitrogens is 1. The van der Waals surface area contributed by atoms with Crippen molar-refractivity contribution in [2.75, 3.05) is 6.54 Å². The van der Waals surface area contributed by atoms with Crippen molar-refractivity contribution in [2.24, 2.45) is 5.73 Å². The first kappa shape index (κ1) is 11.5. The smallest absolute Gasteiger partial charge is 0.253 e. The second kappa shape index (κ2) is 4.50. The van der Waals surface area contributed by atoms with E-state index in [1.54, 1.807) is 6.92 Å². The predicted octanol–water partition coefficient (Wildman–Crippen LogP) is 0.779. The van der Waals surface area contributed by atoms with Crippen LogP contribution in [0.15, 0.2) is 18.5 Å². The molecule has 1 amide bonds. The van der Waals surface area contributed by atoms with E-state index in [1.807, 2.05) is 0 Å². The zero-order valence-corrected chi connectivity index (χ0v) is 9.33. The van der Waals surface area contributed by atoms with E-state index in [0.29, 0.717) is 17.6 Å². The maximum atomic E-state index is 13.3. The number of halogens is 1. The number of amides is 1.